The van der Waals surface area contributed by atoms with Crippen molar-refractivity contribution < 1.29 is 14.3 Å². The summed E-state index contributed by atoms with van der Waals surface area (Å²) < 4.78 is 4.43. The Bertz CT molecular complexity index is 207. The Morgan fingerprint density at radius 3 is 2.57 bits per heavy atom. The first-order valence-electron chi connectivity index (χ1n) is 4.97. The fraction of sp³-hybridized carbons (Fsp3) is 0.636. The molecule has 0 aromatic rings. The van der Waals surface area contributed by atoms with E-state index in [1.165, 1.54) is 13.2 Å². The second kappa shape index (κ2) is 8.48. The van der Waals surface area contributed by atoms with Crippen molar-refractivity contribution in [2.24, 2.45) is 0 Å². The Balaban J connectivity index is 3.55. The van der Waals surface area contributed by atoms with Gasteiger partial charge in [0.25, 0.3) is 0 Å². The molecule has 14 heavy (non-hydrogen) atoms. The highest BCUT2D eigenvalue weighted by molar-refractivity contribution is 5.90. The molecule has 0 aliphatic heterocycles. The quantitative estimate of drug-likeness (QED) is 0.358. The van der Waals surface area contributed by atoms with Crippen LogP contribution < -0.4 is 0 Å². The van der Waals surface area contributed by atoms with Crippen LogP contribution in [0.3, 0.4) is 0 Å². The molecule has 0 heterocycles. The average Bonchev–Trinajstić information content (AvgIpc) is 2.18. The van der Waals surface area contributed by atoms with Gasteiger partial charge in [0.15, 0.2) is 5.78 Å². The van der Waals surface area contributed by atoms with Crippen molar-refractivity contribution in [2.45, 2.75) is 39.0 Å². The van der Waals surface area contributed by atoms with Crippen molar-refractivity contribution in [3.8, 4) is 0 Å². The van der Waals surface area contributed by atoms with E-state index < -0.39 is 0 Å². The van der Waals surface area contributed by atoms with Gasteiger partial charge in [0, 0.05) is 6.42 Å². The number of esters is 1. The SMILES string of the molecule is CCCCCC(=O)C=CCC(=O)OC. The van der Waals surface area contributed by atoms with Gasteiger partial charge in [-0.05, 0) is 12.5 Å². The molecule has 0 bridgehead atoms. The molecule has 0 atom stereocenters. The third kappa shape index (κ3) is 7.53. The lowest BCUT2D eigenvalue weighted by molar-refractivity contribution is -0.139. The third-order valence-corrected chi connectivity index (χ3v) is 1.84. The topological polar surface area (TPSA) is 43.4 Å². The van der Waals surface area contributed by atoms with Gasteiger partial charge < -0.3 is 4.74 Å². The van der Waals surface area contributed by atoms with E-state index in [1.54, 1.807) is 6.08 Å². The maximum atomic E-state index is 11.1. The molecule has 0 saturated heterocycles. The number of hydrogen-bond donors (Lipinski definition) is 0. The number of carbonyl (C=O) groups excluding carboxylic acids is 2. The molecular formula is C11H18O3. The summed E-state index contributed by atoms with van der Waals surface area (Å²) in [5.41, 5.74) is 0. The Kier molecular flexibility index (Phi) is 7.80. The second-order valence-electron chi connectivity index (χ2n) is 3.11. The van der Waals surface area contributed by atoms with E-state index in [1.807, 2.05) is 0 Å². The molecule has 0 spiro atoms. The standard InChI is InChI=1S/C11H18O3/c1-3-4-5-7-10(12)8-6-9-11(13)14-2/h6,8H,3-5,7,9H2,1-2H3. The summed E-state index contributed by atoms with van der Waals surface area (Å²) in [7, 11) is 1.33. The van der Waals surface area contributed by atoms with Gasteiger partial charge in [0.2, 0.25) is 0 Å². The summed E-state index contributed by atoms with van der Waals surface area (Å²) in [4.78, 5) is 21.8. The molecule has 0 amide bonds. The first-order chi connectivity index (χ1) is 6.70. The van der Waals surface area contributed by atoms with E-state index >= 15 is 0 Å². The van der Waals surface area contributed by atoms with E-state index in [4.69, 9.17) is 0 Å². The Labute approximate surface area is 85.1 Å². The number of hydrogen-bond acceptors (Lipinski definition) is 3. The number of methoxy groups -OCH3 is 1. The second-order valence-corrected chi connectivity index (χ2v) is 3.11. The Morgan fingerprint density at radius 1 is 1.29 bits per heavy atom. The maximum Gasteiger partial charge on any atom is 0.309 e. The predicted molar refractivity (Wildman–Crippen MR) is 54.9 cm³/mol. The van der Waals surface area contributed by atoms with E-state index in [0.29, 0.717) is 6.42 Å². The molecule has 3 heteroatoms. The highest BCUT2D eigenvalue weighted by Gasteiger charge is 1.97. The summed E-state index contributed by atoms with van der Waals surface area (Å²) in [5, 5.41) is 0. The molecule has 0 fully saturated rings. The molecule has 0 saturated carbocycles. The number of ether oxygens (including phenoxy) is 1. The Morgan fingerprint density at radius 2 is 2.00 bits per heavy atom. The maximum absolute atomic E-state index is 11.1. The minimum absolute atomic E-state index is 0.0855. The zero-order valence-electron chi connectivity index (χ0n) is 8.91. The predicted octanol–water partition coefficient (Wildman–Crippen LogP) is 2.26. The normalized spacial score (nSPS) is 10.4. The van der Waals surface area contributed by atoms with E-state index in [-0.39, 0.29) is 18.2 Å². The average molecular weight is 198 g/mol. The zero-order chi connectivity index (χ0) is 10.8. The van der Waals surface area contributed by atoms with Crippen molar-refractivity contribution >= 4 is 11.8 Å². The highest BCUT2D eigenvalue weighted by Crippen LogP contribution is 2.00. The minimum atomic E-state index is -0.317. The molecule has 80 valence electrons. The lowest BCUT2D eigenvalue weighted by Crippen LogP contribution is -1.98. The highest BCUT2D eigenvalue weighted by atomic mass is 16.5. The largest absolute Gasteiger partial charge is 0.469 e. The van der Waals surface area contributed by atoms with E-state index in [2.05, 4.69) is 11.7 Å². The van der Waals surface area contributed by atoms with Crippen molar-refractivity contribution in [2.75, 3.05) is 7.11 Å². The van der Waals surface area contributed by atoms with Crippen LogP contribution in [0.1, 0.15) is 39.0 Å². The number of rotatable bonds is 7. The van der Waals surface area contributed by atoms with Crippen molar-refractivity contribution in [1.82, 2.24) is 0 Å². The van der Waals surface area contributed by atoms with Crippen LogP contribution in [0.2, 0.25) is 0 Å². The molecule has 0 rings (SSSR count). The summed E-state index contributed by atoms with van der Waals surface area (Å²) in [6.45, 7) is 2.09. The number of ketones is 1. The molecule has 3 nitrogen and oxygen atoms in total. The van der Waals surface area contributed by atoms with Gasteiger partial charge in [0.05, 0.1) is 13.5 Å². The van der Waals surface area contributed by atoms with Crippen LogP contribution in [-0.4, -0.2) is 18.9 Å². The molecule has 0 aliphatic rings. The summed E-state index contributed by atoms with van der Waals surface area (Å²) in [6, 6.07) is 0. The van der Waals surface area contributed by atoms with Crippen LogP contribution in [0.5, 0.6) is 0 Å². The number of allylic oxidation sites excluding steroid dienone is 1. The van der Waals surface area contributed by atoms with Crippen LogP contribution in [0.25, 0.3) is 0 Å². The lowest BCUT2D eigenvalue weighted by Gasteiger charge is -1.94. The molecule has 0 unspecified atom stereocenters. The fourth-order valence-electron chi connectivity index (χ4n) is 1.00. The zero-order valence-corrected chi connectivity index (χ0v) is 8.91. The van der Waals surface area contributed by atoms with Crippen LogP contribution in [-0.2, 0) is 14.3 Å². The molecule has 0 aromatic heterocycles. The molecule has 0 aliphatic carbocycles. The molecule has 0 N–H and O–H groups in total. The van der Waals surface area contributed by atoms with Crippen molar-refractivity contribution in [3.05, 3.63) is 12.2 Å². The lowest BCUT2D eigenvalue weighted by atomic mass is 10.1. The third-order valence-electron chi connectivity index (χ3n) is 1.84. The van der Waals surface area contributed by atoms with Gasteiger partial charge >= 0.3 is 5.97 Å². The van der Waals surface area contributed by atoms with Crippen LogP contribution >= 0.6 is 0 Å². The van der Waals surface area contributed by atoms with Crippen LogP contribution in [0.4, 0.5) is 0 Å². The van der Waals surface area contributed by atoms with E-state index in [0.717, 1.165) is 19.3 Å². The molecule has 0 radical (unpaired) electrons. The first-order valence-corrected chi connectivity index (χ1v) is 4.97. The van der Waals surface area contributed by atoms with Gasteiger partial charge in [-0.2, -0.15) is 0 Å². The minimum Gasteiger partial charge on any atom is -0.469 e. The van der Waals surface area contributed by atoms with Crippen molar-refractivity contribution in [1.29, 1.82) is 0 Å². The smallest absolute Gasteiger partial charge is 0.309 e. The first kappa shape index (κ1) is 12.9. The van der Waals surface area contributed by atoms with Gasteiger partial charge in [-0.1, -0.05) is 25.8 Å². The monoisotopic (exact) mass is 198 g/mol. The van der Waals surface area contributed by atoms with Crippen molar-refractivity contribution in [3.63, 3.8) is 0 Å². The fourth-order valence-corrected chi connectivity index (χ4v) is 1.00. The number of carbonyl (C=O) groups is 2. The summed E-state index contributed by atoms with van der Waals surface area (Å²) >= 11 is 0. The Hall–Kier alpha value is -1.12. The summed E-state index contributed by atoms with van der Waals surface area (Å²) in [5.74, 6) is -0.232. The van der Waals surface area contributed by atoms with Gasteiger partial charge in [-0.15, -0.1) is 0 Å². The summed E-state index contributed by atoms with van der Waals surface area (Å²) in [6.07, 6.45) is 6.89. The molecular weight excluding hydrogens is 180 g/mol. The van der Waals surface area contributed by atoms with E-state index in [9.17, 15) is 9.59 Å². The van der Waals surface area contributed by atoms with Gasteiger partial charge in [-0.3, -0.25) is 9.59 Å². The van der Waals surface area contributed by atoms with Crippen LogP contribution in [0.15, 0.2) is 12.2 Å². The molecule has 0 aromatic carbocycles. The number of unbranched alkanes of at least 4 members (excludes halogenated alkanes) is 2. The van der Waals surface area contributed by atoms with Crippen LogP contribution in [0, 0.1) is 0 Å². The van der Waals surface area contributed by atoms with Gasteiger partial charge in [0.1, 0.15) is 0 Å². The van der Waals surface area contributed by atoms with Gasteiger partial charge in [-0.25, -0.2) is 0 Å².